The van der Waals surface area contributed by atoms with Crippen LogP contribution in [0.5, 0.6) is 0 Å². The monoisotopic (exact) mass is 1030 g/mol. The largest absolute Gasteiger partial charge is 0.256 e. The van der Waals surface area contributed by atoms with Crippen molar-refractivity contribution in [1.82, 2.24) is 15.0 Å². The number of aromatic nitrogens is 3. The molecule has 0 fully saturated rings. The molecule has 81 heavy (non-hydrogen) atoms. The van der Waals surface area contributed by atoms with Gasteiger partial charge < -0.3 is 0 Å². The molecule has 0 saturated carbocycles. The fourth-order valence-electron chi connectivity index (χ4n) is 14.6. The molecule has 0 spiro atoms. The SMILES string of the molecule is c1ccc(-c2ccc(C3(c4cc(C5(c6ccc(-c7ccccn7)cc6)c6ccccc6-c6ccccc65)cc(C5(c6ccc(-c7ccccn7)cc6)c6ccccc6-c6ccccc65)c4)c4ccccc4-c4ccccc43)cc2)nc1. The minimum atomic E-state index is -0.788. The Kier molecular flexibility index (Phi) is 10.6. The summed E-state index contributed by atoms with van der Waals surface area (Å²) in [6.07, 6.45) is 5.64. The standard InChI is InChI=1S/C78H51N3/c1-7-25-67-61(19-1)62-20-2-8-26-68(62)76(67,55-40-34-52(35-41-55)73-31-13-16-46-79-73)58-49-59(77(56-42-36-53(37-43-56)74-32-14-17-47-80-74)69-27-9-3-21-63(69)64-22-4-10-28-70(64)77)51-60(50-58)78(57-44-38-54(39-45-57)75-33-15-18-48-81-75)71-29-11-5-23-65(71)66-24-6-12-30-72(66)78/h1-51H. The Hall–Kier alpha value is -10.4. The van der Waals surface area contributed by atoms with Crippen molar-refractivity contribution in [3.63, 3.8) is 0 Å². The molecule has 0 saturated heterocycles. The Morgan fingerprint density at radius 2 is 0.395 bits per heavy atom. The lowest BCUT2D eigenvalue weighted by Gasteiger charge is -2.41. The van der Waals surface area contributed by atoms with E-state index in [2.05, 4.69) is 273 Å². The average molecular weight is 1030 g/mol. The third-order valence-electron chi connectivity index (χ3n) is 17.9. The van der Waals surface area contributed by atoms with Crippen LogP contribution < -0.4 is 0 Å². The van der Waals surface area contributed by atoms with Crippen molar-refractivity contribution >= 4 is 0 Å². The van der Waals surface area contributed by atoms with Crippen LogP contribution >= 0.6 is 0 Å². The Labute approximate surface area is 472 Å². The van der Waals surface area contributed by atoms with Crippen LogP contribution in [0.3, 0.4) is 0 Å². The van der Waals surface area contributed by atoms with E-state index in [0.29, 0.717) is 0 Å². The van der Waals surface area contributed by atoms with Gasteiger partial charge in [0.05, 0.1) is 33.3 Å². The highest BCUT2D eigenvalue weighted by atomic mass is 14.7. The number of pyridine rings is 3. The van der Waals surface area contributed by atoms with E-state index in [4.69, 9.17) is 15.0 Å². The van der Waals surface area contributed by atoms with Crippen LogP contribution in [0.25, 0.3) is 67.2 Å². The topological polar surface area (TPSA) is 38.7 Å². The summed E-state index contributed by atoms with van der Waals surface area (Å²) >= 11 is 0. The van der Waals surface area contributed by atoms with Crippen LogP contribution in [0, 0.1) is 0 Å². The molecule has 3 aliphatic carbocycles. The van der Waals surface area contributed by atoms with Gasteiger partial charge in [-0.2, -0.15) is 0 Å². The van der Waals surface area contributed by atoms with Gasteiger partial charge in [-0.1, -0.05) is 255 Å². The quantitative estimate of drug-likeness (QED) is 0.145. The minimum Gasteiger partial charge on any atom is -0.256 e. The molecule has 0 bridgehead atoms. The third kappa shape index (κ3) is 6.73. The summed E-state index contributed by atoms with van der Waals surface area (Å²) in [6.45, 7) is 0. The second-order valence-corrected chi connectivity index (χ2v) is 21.7. The van der Waals surface area contributed by atoms with E-state index in [1.807, 2.05) is 36.8 Å². The second kappa shape index (κ2) is 18.4. The van der Waals surface area contributed by atoms with Gasteiger partial charge in [0, 0.05) is 35.3 Å². The van der Waals surface area contributed by atoms with Gasteiger partial charge in [-0.05, 0) is 137 Å². The average Bonchev–Trinajstić information content (AvgIpc) is 3.15. The van der Waals surface area contributed by atoms with Crippen LogP contribution in [0.2, 0.25) is 0 Å². The minimum absolute atomic E-state index is 0.788. The normalized spacial score (nSPS) is 14.2. The Balaban J connectivity index is 1.08. The predicted molar refractivity (Wildman–Crippen MR) is 328 cm³/mol. The van der Waals surface area contributed by atoms with Gasteiger partial charge in [-0.3, -0.25) is 15.0 Å². The zero-order valence-corrected chi connectivity index (χ0v) is 44.3. The van der Waals surface area contributed by atoms with E-state index >= 15 is 0 Å². The van der Waals surface area contributed by atoms with E-state index in [9.17, 15) is 0 Å². The van der Waals surface area contributed by atoms with Gasteiger partial charge in [0.1, 0.15) is 0 Å². The third-order valence-corrected chi connectivity index (χ3v) is 17.9. The first kappa shape index (κ1) is 46.7. The fraction of sp³-hybridized carbons (Fsp3) is 0.0385. The highest BCUT2D eigenvalue weighted by Gasteiger charge is 2.53. The molecule has 10 aromatic carbocycles. The molecule has 3 heteroatoms. The second-order valence-electron chi connectivity index (χ2n) is 21.7. The summed E-state index contributed by atoms with van der Waals surface area (Å²) in [6, 6.07) is 109. The smallest absolute Gasteiger partial charge is 0.0713 e. The van der Waals surface area contributed by atoms with Crippen molar-refractivity contribution in [1.29, 1.82) is 0 Å². The molecule has 3 aromatic heterocycles. The van der Waals surface area contributed by atoms with E-state index < -0.39 is 16.2 Å². The molecule has 0 aliphatic heterocycles. The number of fused-ring (bicyclic) bond motifs is 9. The first-order valence-electron chi connectivity index (χ1n) is 28.0. The number of benzene rings is 10. The van der Waals surface area contributed by atoms with Crippen molar-refractivity contribution in [2.24, 2.45) is 0 Å². The van der Waals surface area contributed by atoms with Crippen LogP contribution in [0.4, 0.5) is 0 Å². The van der Waals surface area contributed by atoms with Crippen molar-refractivity contribution < 1.29 is 0 Å². The zero-order valence-electron chi connectivity index (χ0n) is 44.3. The Morgan fingerprint density at radius 3 is 0.605 bits per heavy atom. The molecule has 16 rings (SSSR count). The van der Waals surface area contributed by atoms with Crippen LogP contribution in [0.15, 0.2) is 310 Å². The molecule has 0 radical (unpaired) electrons. The maximum atomic E-state index is 4.82. The highest BCUT2D eigenvalue weighted by molar-refractivity contribution is 5.91. The van der Waals surface area contributed by atoms with E-state index in [1.165, 1.54) is 100 Å². The van der Waals surface area contributed by atoms with Crippen LogP contribution in [0.1, 0.15) is 66.8 Å². The lowest BCUT2D eigenvalue weighted by Crippen LogP contribution is -2.35. The van der Waals surface area contributed by atoms with E-state index in [1.54, 1.807) is 0 Å². The predicted octanol–water partition coefficient (Wildman–Crippen LogP) is 18.0. The Morgan fingerprint density at radius 1 is 0.185 bits per heavy atom. The lowest BCUT2D eigenvalue weighted by molar-refractivity contribution is 0.713. The lowest BCUT2D eigenvalue weighted by atomic mass is 9.60. The molecule has 378 valence electrons. The van der Waals surface area contributed by atoms with E-state index in [0.717, 1.165) is 33.8 Å². The molecular formula is C78H51N3. The molecule has 3 nitrogen and oxygen atoms in total. The van der Waals surface area contributed by atoms with Gasteiger partial charge in [0.25, 0.3) is 0 Å². The van der Waals surface area contributed by atoms with Gasteiger partial charge in [-0.25, -0.2) is 0 Å². The van der Waals surface area contributed by atoms with Gasteiger partial charge >= 0.3 is 0 Å². The zero-order chi connectivity index (χ0) is 53.5. The van der Waals surface area contributed by atoms with Crippen LogP contribution in [-0.2, 0) is 16.2 Å². The molecule has 3 aliphatic rings. The number of rotatable bonds is 9. The summed E-state index contributed by atoms with van der Waals surface area (Å²) in [5.41, 5.74) is 25.7. The first-order chi connectivity index (χ1) is 40.2. The number of hydrogen-bond donors (Lipinski definition) is 0. The molecule has 0 unspecified atom stereocenters. The van der Waals surface area contributed by atoms with Crippen molar-refractivity contribution in [2.75, 3.05) is 0 Å². The first-order valence-corrected chi connectivity index (χ1v) is 28.0. The highest BCUT2D eigenvalue weighted by Crippen LogP contribution is 2.63. The summed E-state index contributed by atoms with van der Waals surface area (Å²) in [7, 11) is 0. The van der Waals surface area contributed by atoms with Crippen LogP contribution in [-0.4, -0.2) is 15.0 Å². The van der Waals surface area contributed by atoms with Gasteiger partial charge in [0.2, 0.25) is 0 Å². The van der Waals surface area contributed by atoms with Gasteiger partial charge in [0.15, 0.2) is 0 Å². The molecule has 13 aromatic rings. The van der Waals surface area contributed by atoms with Crippen molar-refractivity contribution in [3.8, 4) is 67.2 Å². The van der Waals surface area contributed by atoms with Gasteiger partial charge in [-0.15, -0.1) is 0 Å². The maximum Gasteiger partial charge on any atom is 0.0713 e. The summed E-state index contributed by atoms with van der Waals surface area (Å²) < 4.78 is 0. The number of hydrogen-bond acceptors (Lipinski definition) is 3. The number of nitrogens with zero attached hydrogens (tertiary/aromatic N) is 3. The summed E-state index contributed by atoms with van der Waals surface area (Å²) in [4.78, 5) is 14.5. The fourth-order valence-corrected chi connectivity index (χ4v) is 14.6. The maximum absolute atomic E-state index is 4.82. The molecule has 0 amide bonds. The molecule has 3 heterocycles. The van der Waals surface area contributed by atoms with E-state index in [-0.39, 0.29) is 0 Å². The van der Waals surface area contributed by atoms with Crippen molar-refractivity contribution in [2.45, 2.75) is 16.2 Å². The molecule has 0 atom stereocenters. The summed E-state index contributed by atoms with van der Waals surface area (Å²) in [5, 5.41) is 0. The summed E-state index contributed by atoms with van der Waals surface area (Å²) in [5.74, 6) is 0. The molecular weight excluding hydrogens is 979 g/mol. The molecule has 0 N–H and O–H groups in total. The van der Waals surface area contributed by atoms with Crippen molar-refractivity contribution in [3.05, 3.63) is 377 Å². The Bertz CT molecular complexity index is 3930.